The number of sulfonamides is 1. The van der Waals surface area contributed by atoms with Crippen LogP contribution in [-0.2, 0) is 10.0 Å². The molecule has 0 aliphatic carbocycles. The molecule has 0 aliphatic heterocycles. The second-order valence-corrected chi connectivity index (χ2v) is 5.92. The molecule has 0 aliphatic rings. The largest absolute Gasteiger partial charge is 0.399 e. The molecule has 0 saturated heterocycles. The first-order valence-electron chi connectivity index (χ1n) is 5.33. The Balaban J connectivity index is 2.86. The van der Waals surface area contributed by atoms with Gasteiger partial charge in [-0.3, -0.25) is 0 Å². The molecule has 0 bridgehead atoms. The second-order valence-electron chi connectivity index (χ2n) is 4.16. The first-order valence-corrected chi connectivity index (χ1v) is 6.82. The van der Waals surface area contributed by atoms with Crippen LogP contribution in [-0.4, -0.2) is 26.7 Å². The Kier molecular flexibility index (Phi) is 4.50. The van der Waals surface area contributed by atoms with Gasteiger partial charge in [-0.1, -0.05) is 6.92 Å². The number of aryl methyl sites for hydroxylation is 1. The molecule has 1 rings (SSSR count). The Bertz CT molecular complexity index is 485. The molecule has 1 aromatic rings. The van der Waals surface area contributed by atoms with E-state index in [1.165, 1.54) is 12.1 Å². The highest BCUT2D eigenvalue weighted by molar-refractivity contribution is 7.89. The van der Waals surface area contributed by atoms with E-state index < -0.39 is 10.0 Å². The quantitative estimate of drug-likeness (QED) is 0.670. The summed E-state index contributed by atoms with van der Waals surface area (Å²) in [6, 6.07) is 4.56. The number of nitrogens with one attached hydrogen (secondary N) is 1. The maximum atomic E-state index is 11.9. The topological polar surface area (TPSA) is 92.4 Å². The Hall–Kier alpha value is -1.11. The van der Waals surface area contributed by atoms with Gasteiger partial charge in [0.2, 0.25) is 10.0 Å². The molecule has 0 radical (unpaired) electrons. The molecule has 96 valence electrons. The van der Waals surface area contributed by atoms with Crippen LogP contribution in [0.5, 0.6) is 0 Å². The Morgan fingerprint density at radius 2 is 2.12 bits per heavy atom. The second kappa shape index (κ2) is 5.48. The number of hydrogen-bond donors (Lipinski definition) is 3. The van der Waals surface area contributed by atoms with E-state index in [1.54, 1.807) is 19.9 Å². The average Bonchev–Trinajstić information content (AvgIpc) is 2.29. The van der Waals surface area contributed by atoms with E-state index in [0.717, 1.165) is 5.56 Å². The summed E-state index contributed by atoms with van der Waals surface area (Å²) in [5, 5.41) is 8.83. The third kappa shape index (κ3) is 3.69. The van der Waals surface area contributed by atoms with Crippen LogP contribution in [0.1, 0.15) is 12.5 Å². The van der Waals surface area contributed by atoms with Gasteiger partial charge in [0.1, 0.15) is 0 Å². The minimum atomic E-state index is -3.52. The predicted molar refractivity (Wildman–Crippen MR) is 67.0 cm³/mol. The molecule has 1 atom stereocenters. The summed E-state index contributed by atoms with van der Waals surface area (Å²) in [6.45, 7) is 3.67. The van der Waals surface area contributed by atoms with Crippen LogP contribution in [0.15, 0.2) is 23.1 Å². The standard InChI is InChI=1S/C11H18N2O3S/c1-8(7-14)6-13-17(15,16)10-3-4-11(12)9(2)5-10/h3-5,8,13-14H,6-7,12H2,1-2H3. The number of anilines is 1. The maximum Gasteiger partial charge on any atom is 0.240 e. The first kappa shape index (κ1) is 14.0. The predicted octanol–water partition coefficient (Wildman–Crippen LogP) is 0.484. The van der Waals surface area contributed by atoms with E-state index in [9.17, 15) is 8.42 Å². The summed E-state index contributed by atoms with van der Waals surface area (Å²) >= 11 is 0. The molecular formula is C11H18N2O3S. The fourth-order valence-electron chi connectivity index (χ4n) is 1.22. The lowest BCUT2D eigenvalue weighted by atomic mass is 10.2. The molecule has 0 aromatic heterocycles. The number of benzene rings is 1. The third-order valence-corrected chi connectivity index (χ3v) is 3.91. The summed E-state index contributed by atoms with van der Waals surface area (Å²) in [5.41, 5.74) is 6.92. The van der Waals surface area contributed by atoms with Crippen molar-refractivity contribution in [1.29, 1.82) is 0 Å². The normalized spacial score (nSPS) is 13.6. The summed E-state index contributed by atoms with van der Waals surface area (Å²) in [7, 11) is -3.52. The molecule has 5 nitrogen and oxygen atoms in total. The molecule has 0 saturated carbocycles. The highest BCUT2D eigenvalue weighted by Crippen LogP contribution is 2.16. The lowest BCUT2D eigenvalue weighted by molar-refractivity contribution is 0.238. The first-order chi connectivity index (χ1) is 7.86. The molecule has 1 unspecified atom stereocenters. The van der Waals surface area contributed by atoms with E-state index >= 15 is 0 Å². The number of aliphatic hydroxyl groups excluding tert-OH is 1. The Morgan fingerprint density at radius 3 is 2.65 bits per heavy atom. The summed E-state index contributed by atoms with van der Waals surface area (Å²) in [4.78, 5) is 0.189. The molecule has 17 heavy (non-hydrogen) atoms. The summed E-state index contributed by atoms with van der Waals surface area (Å²) in [6.07, 6.45) is 0. The maximum absolute atomic E-state index is 11.9. The number of aliphatic hydroxyl groups is 1. The van der Waals surface area contributed by atoms with Crippen molar-refractivity contribution in [1.82, 2.24) is 4.72 Å². The van der Waals surface area contributed by atoms with Gasteiger partial charge in [-0.05, 0) is 36.6 Å². The van der Waals surface area contributed by atoms with Crippen molar-refractivity contribution in [2.45, 2.75) is 18.7 Å². The van der Waals surface area contributed by atoms with E-state index in [0.29, 0.717) is 5.69 Å². The SMILES string of the molecule is Cc1cc(S(=O)(=O)NCC(C)CO)ccc1N. The minimum absolute atomic E-state index is 0.0523. The zero-order valence-electron chi connectivity index (χ0n) is 9.97. The zero-order valence-corrected chi connectivity index (χ0v) is 10.8. The fraction of sp³-hybridized carbons (Fsp3) is 0.455. The number of hydrogen-bond acceptors (Lipinski definition) is 4. The number of nitrogens with two attached hydrogens (primary N) is 1. The van der Waals surface area contributed by atoms with Crippen LogP contribution in [0, 0.1) is 12.8 Å². The molecule has 0 fully saturated rings. The average molecular weight is 258 g/mol. The van der Waals surface area contributed by atoms with E-state index in [2.05, 4.69) is 4.72 Å². The lowest BCUT2D eigenvalue weighted by Crippen LogP contribution is -2.29. The summed E-state index contributed by atoms with van der Waals surface area (Å²) < 4.78 is 26.2. The third-order valence-electron chi connectivity index (χ3n) is 2.49. The zero-order chi connectivity index (χ0) is 13.1. The van der Waals surface area contributed by atoms with Crippen molar-refractivity contribution in [3.05, 3.63) is 23.8 Å². The molecular weight excluding hydrogens is 240 g/mol. The smallest absolute Gasteiger partial charge is 0.240 e. The Morgan fingerprint density at radius 1 is 1.47 bits per heavy atom. The van der Waals surface area contributed by atoms with Crippen molar-refractivity contribution in [3.8, 4) is 0 Å². The molecule has 1 aromatic carbocycles. The van der Waals surface area contributed by atoms with Crippen molar-refractivity contribution >= 4 is 15.7 Å². The van der Waals surface area contributed by atoms with Crippen LogP contribution in [0.25, 0.3) is 0 Å². The van der Waals surface area contributed by atoms with Gasteiger partial charge in [0, 0.05) is 18.8 Å². The molecule has 0 spiro atoms. The number of rotatable bonds is 5. The summed E-state index contributed by atoms with van der Waals surface area (Å²) in [5.74, 6) is -0.111. The van der Waals surface area contributed by atoms with Crippen molar-refractivity contribution in [3.63, 3.8) is 0 Å². The fourth-order valence-corrected chi connectivity index (χ4v) is 2.46. The highest BCUT2D eigenvalue weighted by Gasteiger charge is 2.15. The monoisotopic (exact) mass is 258 g/mol. The van der Waals surface area contributed by atoms with Crippen molar-refractivity contribution in [2.24, 2.45) is 5.92 Å². The van der Waals surface area contributed by atoms with E-state index in [1.807, 2.05) is 0 Å². The van der Waals surface area contributed by atoms with Crippen molar-refractivity contribution < 1.29 is 13.5 Å². The molecule has 6 heteroatoms. The van der Waals surface area contributed by atoms with E-state index in [-0.39, 0.29) is 24.0 Å². The van der Waals surface area contributed by atoms with E-state index in [4.69, 9.17) is 10.8 Å². The van der Waals surface area contributed by atoms with Crippen LogP contribution in [0.2, 0.25) is 0 Å². The van der Waals surface area contributed by atoms with Gasteiger partial charge in [-0.25, -0.2) is 13.1 Å². The van der Waals surface area contributed by atoms with Gasteiger partial charge in [0.05, 0.1) is 4.90 Å². The lowest BCUT2D eigenvalue weighted by Gasteiger charge is -2.11. The van der Waals surface area contributed by atoms with Gasteiger partial charge >= 0.3 is 0 Å². The van der Waals surface area contributed by atoms with Crippen LogP contribution in [0.3, 0.4) is 0 Å². The van der Waals surface area contributed by atoms with Gasteiger partial charge in [0.25, 0.3) is 0 Å². The van der Waals surface area contributed by atoms with Crippen LogP contribution < -0.4 is 10.5 Å². The molecule has 0 heterocycles. The van der Waals surface area contributed by atoms with Gasteiger partial charge < -0.3 is 10.8 Å². The molecule has 4 N–H and O–H groups in total. The molecule has 0 amide bonds. The van der Waals surface area contributed by atoms with Crippen LogP contribution in [0.4, 0.5) is 5.69 Å². The Labute approximate surface area is 102 Å². The van der Waals surface area contributed by atoms with Crippen molar-refractivity contribution in [2.75, 3.05) is 18.9 Å². The minimum Gasteiger partial charge on any atom is -0.399 e. The van der Waals surface area contributed by atoms with Gasteiger partial charge in [0.15, 0.2) is 0 Å². The highest BCUT2D eigenvalue weighted by atomic mass is 32.2. The van der Waals surface area contributed by atoms with Gasteiger partial charge in [-0.2, -0.15) is 0 Å². The van der Waals surface area contributed by atoms with Gasteiger partial charge in [-0.15, -0.1) is 0 Å². The number of nitrogen functional groups attached to an aromatic ring is 1. The van der Waals surface area contributed by atoms with Crippen LogP contribution >= 0.6 is 0 Å².